The fraction of sp³-hybridized carbons (Fsp3) is 0.357. The zero-order valence-corrected chi connectivity index (χ0v) is 21.7. The number of carbonyl (C=O) groups excluding carboxylic acids is 1. The third kappa shape index (κ3) is 5.08. The van der Waals surface area contributed by atoms with Gasteiger partial charge < -0.3 is 14.0 Å². The van der Waals surface area contributed by atoms with Gasteiger partial charge >= 0.3 is 0 Å². The molecular weight excluding hydrogens is 495 g/mol. The highest BCUT2D eigenvalue weighted by Gasteiger charge is 2.29. The molecule has 0 unspecified atom stereocenters. The Labute approximate surface area is 220 Å². The van der Waals surface area contributed by atoms with Crippen molar-refractivity contribution in [3.05, 3.63) is 65.1 Å². The highest BCUT2D eigenvalue weighted by Crippen LogP contribution is 2.35. The zero-order valence-electron chi connectivity index (χ0n) is 21.0. The van der Waals surface area contributed by atoms with Crippen molar-refractivity contribution in [3.8, 4) is 22.6 Å². The lowest BCUT2D eigenvalue weighted by Crippen LogP contribution is -2.29. The van der Waals surface area contributed by atoms with Gasteiger partial charge in [-0.2, -0.15) is 5.10 Å². The van der Waals surface area contributed by atoms with Crippen molar-refractivity contribution in [2.24, 2.45) is 5.92 Å². The number of nitrogens with zero attached hydrogens (tertiary/aromatic N) is 3. The van der Waals surface area contributed by atoms with Crippen molar-refractivity contribution in [2.75, 3.05) is 40.0 Å². The van der Waals surface area contributed by atoms with Crippen LogP contribution in [0.5, 0.6) is 11.5 Å². The number of fused-ring (bicyclic) bond motifs is 2. The molecule has 7 nitrogen and oxygen atoms in total. The number of carbonyl (C=O) groups is 1. The van der Waals surface area contributed by atoms with E-state index in [0.29, 0.717) is 43.4 Å². The Hall–Kier alpha value is -3.36. The first-order valence-corrected chi connectivity index (χ1v) is 12.8. The van der Waals surface area contributed by atoms with Crippen molar-refractivity contribution in [3.63, 3.8) is 0 Å². The minimum absolute atomic E-state index is 0.0439. The molecular formula is C28H30ClFN4O3. The molecule has 1 atom stereocenters. The van der Waals surface area contributed by atoms with Crippen molar-refractivity contribution >= 4 is 28.3 Å². The molecule has 0 radical (unpaired) electrons. The van der Waals surface area contributed by atoms with Gasteiger partial charge in [0, 0.05) is 54.1 Å². The maximum absolute atomic E-state index is 13.8. The number of ketones is 1. The van der Waals surface area contributed by atoms with Gasteiger partial charge in [0.2, 0.25) is 0 Å². The molecule has 0 amide bonds. The Morgan fingerprint density at radius 3 is 2.89 bits per heavy atom. The monoisotopic (exact) mass is 524 g/mol. The van der Waals surface area contributed by atoms with E-state index in [-0.39, 0.29) is 18.4 Å². The Morgan fingerprint density at radius 1 is 1.30 bits per heavy atom. The Kier molecular flexibility index (Phi) is 7.48. The Balaban J connectivity index is 1.50. The number of aromatic amines is 1. The molecule has 0 saturated carbocycles. The number of benzene rings is 2. The van der Waals surface area contributed by atoms with E-state index >= 15 is 0 Å². The second-order valence-electron chi connectivity index (χ2n) is 9.23. The van der Waals surface area contributed by atoms with Crippen LogP contribution in [0.3, 0.4) is 0 Å². The number of Topliss-reactive ketones (excluding diaryl/α,β-unsaturated/α-hetero) is 1. The molecule has 0 saturated heterocycles. The number of halogens is 2. The number of rotatable bonds is 10. The molecule has 2 aromatic carbocycles. The van der Waals surface area contributed by atoms with Gasteiger partial charge in [-0.15, -0.1) is 0 Å². The number of aromatic nitrogens is 3. The summed E-state index contributed by atoms with van der Waals surface area (Å²) in [5.74, 6) is 1.27. The summed E-state index contributed by atoms with van der Waals surface area (Å²) in [5.41, 5.74) is 4.25. The highest BCUT2D eigenvalue weighted by atomic mass is 35.5. The lowest BCUT2D eigenvalue weighted by Gasteiger charge is -2.24. The normalized spacial score (nSPS) is 15.1. The zero-order chi connectivity index (χ0) is 25.9. The summed E-state index contributed by atoms with van der Waals surface area (Å²) in [6, 6.07) is 11.6. The maximum atomic E-state index is 13.8. The number of H-pyrrole nitrogens is 1. The van der Waals surface area contributed by atoms with E-state index in [9.17, 15) is 9.18 Å². The van der Waals surface area contributed by atoms with Crippen LogP contribution in [0.1, 0.15) is 22.8 Å². The van der Waals surface area contributed by atoms with Crippen LogP contribution < -0.4 is 9.47 Å². The number of methoxy groups -OCH3 is 1. The topological polar surface area (TPSA) is 72.4 Å². The van der Waals surface area contributed by atoms with Gasteiger partial charge in [-0.1, -0.05) is 30.7 Å². The van der Waals surface area contributed by atoms with Crippen LogP contribution in [0.4, 0.5) is 4.39 Å². The first-order chi connectivity index (χ1) is 18.0. The molecule has 37 heavy (non-hydrogen) atoms. The molecule has 0 bridgehead atoms. The predicted octanol–water partition coefficient (Wildman–Crippen LogP) is 5.42. The summed E-state index contributed by atoms with van der Waals surface area (Å²) in [5, 5.41) is 8.09. The highest BCUT2D eigenvalue weighted by molar-refractivity contribution is 6.32. The van der Waals surface area contributed by atoms with Crippen LogP contribution >= 0.6 is 11.6 Å². The SMILES string of the molecule is CCN(CCF)CCn1cc(C(=O)[C@@H]2COc3ccc(OC)cc3C2)c2ccc(-c3c[nH]nc3Cl)cc21. The van der Waals surface area contributed by atoms with Crippen molar-refractivity contribution in [1.29, 1.82) is 0 Å². The van der Waals surface area contributed by atoms with E-state index in [4.69, 9.17) is 21.1 Å². The van der Waals surface area contributed by atoms with E-state index in [1.807, 2.05) is 49.5 Å². The molecule has 1 aliphatic rings. The summed E-state index contributed by atoms with van der Waals surface area (Å²) in [7, 11) is 1.63. The van der Waals surface area contributed by atoms with E-state index < -0.39 is 0 Å². The smallest absolute Gasteiger partial charge is 0.171 e. The summed E-state index contributed by atoms with van der Waals surface area (Å²) < 4.78 is 26.4. The van der Waals surface area contributed by atoms with Gasteiger partial charge in [0.05, 0.1) is 19.6 Å². The molecule has 4 aromatic rings. The lowest BCUT2D eigenvalue weighted by molar-refractivity contribution is 0.0856. The quantitative estimate of drug-likeness (QED) is 0.280. The first-order valence-electron chi connectivity index (χ1n) is 12.5. The fourth-order valence-corrected chi connectivity index (χ4v) is 5.21. The molecule has 1 N–H and O–H groups in total. The second-order valence-corrected chi connectivity index (χ2v) is 9.59. The second kappa shape index (κ2) is 10.9. The standard InChI is InChI=1S/C28H30ClFN4O3/c1-3-33(9-8-30)10-11-34-16-24(22-6-4-18(14-25(22)34)23-15-31-32-28(23)29)27(35)20-12-19-13-21(36-2)5-7-26(19)37-17-20/h4-7,13-16,20H,3,8-12,17H2,1-2H3,(H,31,32)/t20-/m0/s1. The number of hydrogen-bond acceptors (Lipinski definition) is 5. The molecule has 5 rings (SSSR count). The summed E-state index contributed by atoms with van der Waals surface area (Å²) in [6.07, 6.45) is 4.27. The predicted molar refractivity (Wildman–Crippen MR) is 143 cm³/mol. The minimum atomic E-state index is -0.388. The molecule has 0 fully saturated rings. The van der Waals surface area contributed by atoms with E-state index in [1.165, 1.54) is 0 Å². The average molecular weight is 525 g/mol. The number of ether oxygens (including phenoxy) is 2. The van der Waals surface area contributed by atoms with Crippen LogP contribution in [-0.2, 0) is 13.0 Å². The number of alkyl halides is 1. The molecule has 3 heterocycles. The van der Waals surface area contributed by atoms with Crippen LogP contribution in [0.2, 0.25) is 5.15 Å². The number of nitrogens with one attached hydrogen (secondary N) is 1. The largest absolute Gasteiger partial charge is 0.497 e. The van der Waals surface area contributed by atoms with Gasteiger partial charge in [-0.25, -0.2) is 4.39 Å². The third-order valence-corrected chi connectivity index (χ3v) is 7.39. The Bertz CT molecular complexity index is 1420. The first kappa shape index (κ1) is 25.3. The minimum Gasteiger partial charge on any atom is -0.497 e. The van der Waals surface area contributed by atoms with E-state index in [2.05, 4.69) is 19.7 Å². The van der Waals surface area contributed by atoms with Gasteiger partial charge in [0.1, 0.15) is 18.2 Å². The van der Waals surface area contributed by atoms with E-state index in [1.54, 1.807) is 13.3 Å². The lowest BCUT2D eigenvalue weighted by atomic mass is 9.89. The van der Waals surface area contributed by atoms with E-state index in [0.717, 1.165) is 45.6 Å². The van der Waals surface area contributed by atoms with Crippen molar-refractivity contribution in [2.45, 2.75) is 19.9 Å². The van der Waals surface area contributed by atoms with Crippen LogP contribution in [0.25, 0.3) is 22.0 Å². The van der Waals surface area contributed by atoms with Crippen LogP contribution in [0, 0.1) is 5.92 Å². The van der Waals surface area contributed by atoms with Crippen molar-refractivity contribution in [1.82, 2.24) is 19.7 Å². The maximum Gasteiger partial charge on any atom is 0.171 e. The molecule has 194 valence electrons. The average Bonchev–Trinajstić information content (AvgIpc) is 3.52. The Morgan fingerprint density at radius 2 is 2.16 bits per heavy atom. The molecule has 2 aromatic heterocycles. The van der Waals surface area contributed by atoms with Crippen molar-refractivity contribution < 1.29 is 18.7 Å². The summed E-state index contributed by atoms with van der Waals surface area (Å²) >= 11 is 6.27. The van der Waals surface area contributed by atoms with Crippen LogP contribution in [0.15, 0.2) is 48.8 Å². The molecule has 1 aliphatic heterocycles. The number of likely N-dealkylation sites (N-methyl/N-ethyl adjacent to an activating group) is 1. The summed E-state index contributed by atoms with van der Waals surface area (Å²) in [6.45, 7) is 4.41. The summed E-state index contributed by atoms with van der Waals surface area (Å²) in [4.78, 5) is 15.9. The fourth-order valence-electron chi connectivity index (χ4n) is 5.00. The molecule has 9 heteroatoms. The van der Waals surface area contributed by atoms with Crippen LogP contribution in [-0.4, -0.2) is 65.5 Å². The van der Waals surface area contributed by atoms with Gasteiger partial charge in [-0.05, 0) is 48.4 Å². The molecule has 0 spiro atoms. The van der Waals surface area contributed by atoms with Gasteiger partial charge in [0.25, 0.3) is 0 Å². The van der Waals surface area contributed by atoms with Gasteiger partial charge in [0.15, 0.2) is 10.9 Å². The van der Waals surface area contributed by atoms with Gasteiger partial charge in [-0.3, -0.25) is 14.8 Å². The molecule has 0 aliphatic carbocycles. The third-order valence-electron chi connectivity index (χ3n) is 7.10. The number of hydrogen-bond donors (Lipinski definition) is 1.